The topological polar surface area (TPSA) is 9.23 Å². The Labute approximate surface area is 114 Å². The van der Waals surface area contributed by atoms with E-state index in [-0.39, 0.29) is 0 Å². The van der Waals surface area contributed by atoms with Crippen LogP contribution in [0.5, 0.6) is 5.75 Å². The summed E-state index contributed by atoms with van der Waals surface area (Å²) < 4.78 is 6.90. The second kappa shape index (κ2) is 5.09. The van der Waals surface area contributed by atoms with E-state index in [4.69, 9.17) is 4.74 Å². The molecule has 1 aromatic carbocycles. The van der Waals surface area contributed by atoms with Gasteiger partial charge in [-0.05, 0) is 35.6 Å². The minimum Gasteiger partial charge on any atom is -0.493 e. The van der Waals surface area contributed by atoms with Gasteiger partial charge in [0.1, 0.15) is 5.75 Å². The van der Waals surface area contributed by atoms with Gasteiger partial charge in [-0.2, -0.15) is 0 Å². The highest BCUT2D eigenvalue weighted by Gasteiger charge is 2.20. The van der Waals surface area contributed by atoms with Crippen LogP contribution in [0.1, 0.15) is 25.0 Å². The molecule has 16 heavy (non-hydrogen) atoms. The van der Waals surface area contributed by atoms with E-state index in [0.717, 1.165) is 25.2 Å². The van der Waals surface area contributed by atoms with Crippen molar-refractivity contribution in [1.82, 2.24) is 0 Å². The Kier molecular flexibility index (Phi) is 3.96. The Morgan fingerprint density at radius 2 is 2.12 bits per heavy atom. The van der Waals surface area contributed by atoms with Crippen LogP contribution >= 0.6 is 31.9 Å². The monoisotopic (exact) mass is 346 g/mol. The summed E-state index contributed by atoms with van der Waals surface area (Å²) in [7, 11) is 0. The molecule has 0 fully saturated rings. The number of hydrogen-bond donors (Lipinski definition) is 0. The summed E-state index contributed by atoms with van der Waals surface area (Å²) in [5.74, 6) is 1.74. The van der Waals surface area contributed by atoms with Crippen LogP contribution < -0.4 is 4.74 Å². The van der Waals surface area contributed by atoms with Crippen LogP contribution in [0.25, 0.3) is 0 Å². The molecule has 0 N–H and O–H groups in total. The van der Waals surface area contributed by atoms with E-state index in [1.807, 2.05) is 0 Å². The number of alkyl halides is 1. The summed E-state index contributed by atoms with van der Waals surface area (Å²) in [6, 6.07) is 4.37. The van der Waals surface area contributed by atoms with Crippen LogP contribution in [0.15, 0.2) is 16.6 Å². The van der Waals surface area contributed by atoms with Gasteiger partial charge in [-0.1, -0.05) is 45.7 Å². The molecule has 0 saturated heterocycles. The molecule has 0 aromatic heterocycles. The standard InChI is InChI=1S/C13H16Br2O/c1-8(9(2)14)5-11-7-12(15)6-10-3-4-16-13(10)11/h6-9H,3-5H2,1-2H3. The first-order chi connectivity index (χ1) is 7.58. The molecule has 2 rings (SSSR count). The van der Waals surface area contributed by atoms with Gasteiger partial charge in [0.05, 0.1) is 6.61 Å². The molecule has 1 heterocycles. The van der Waals surface area contributed by atoms with Crippen molar-refractivity contribution in [3.8, 4) is 5.75 Å². The number of rotatable bonds is 3. The highest BCUT2D eigenvalue weighted by atomic mass is 79.9. The maximum atomic E-state index is 5.73. The van der Waals surface area contributed by atoms with Crippen LogP contribution in [0.4, 0.5) is 0 Å². The molecule has 88 valence electrons. The Morgan fingerprint density at radius 1 is 1.38 bits per heavy atom. The van der Waals surface area contributed by atoms with Gasteiger partial charge in [-0.15, -0.1) is 0 Å². The first-order valence-electron chi connectivity index (χ1n) is 5.66. The first kappa shape index (κ1) is 12.4. The fourth-order valence-electron chi connectivity index (χ4n) is 2.01. The van der Waals surface area contributed by atoms with E-state index in [1.165, 1.54) is 15.6 Å². The molecule has 3 heteroatoms. The molecule has 1 aliphatic rings. The predicted molar refractivity (Wildman–Crippen MR) is 74.6 cm³/mol. The maximum absolute atomic E-state index is 5.73. The lowest BCUT2D eigenvalue weighted by Crippen LogP contribution is -2.10. The van der Waals surface area contributed by atoms with Crippen LogP contribution in [0, 0.1) is 5.92 Å². The smallest absolute Gasteiger partial charge is 0.125 e. The Balaban J connectivity index is 2.27. The zero-order valence-electron chi connectivity index (χ0n) is 9.59. The number of benzene rings is 1. The van der Waals surface area contributed by atoms with Crippen molar-refractivity contribution in [3.63, 3.8) is 0 Å². The van der Waals surface area contributed by atoms with Gasteiger partial charge < -0.3 is 4.74 Å². The predicted octanol–water partition coefficient (Wildman–Crippen LogP) is 4.35. The lowest BCUT2D eigenvalue weighted by atomic mass is 9.96. The number of fused-ring (bicyclic) bond motifs is 1. The number of ether oxygens (including phenoxy) is 1. The van der Waals surface area contributed by atoms with Crippen molar-refractivity contribution in [1.29, 1.82) is 0 Å². The molecule has 0 saturated carbocycles. The third-order valence-electron chi connectivity index (χ3n) is 3.15. The van der Waals surface area contributed by atoms with Gasteiger partial charge >= 0.3 is 0 Å². The average Bonchev–Trinajstić information content (AvgIpc) is 2.65. The SMILES string of the molecule is CC(Br)C(C)Cc1cc(Br)cc2c1OCC2. The van der Waals surface area contributed by atoms with Crippen molar-refractivity contribution >= 4 is 31.9 Å². The highest BCUT2D eigenvalue weighted by molar-refractivity contribution is 9.10. The largest absolute Gasteiger partial charge is 0.493 e. The molecule has 1 aromatic rings. The van der Waals surface area contributed by atoms with Crippen molar-refractivity contribution < 1.29 is 4.74 Å². The fourth-order valence-corrected chi connectivity index (χ4v) is 2.75. The summed E-state index contributed by atoms with van der Waals surface area (Å²) in [5, 5.41) is 0. The molecule has 0 spiro atoms. The zero-order valence-corrected chi connectivity index (χ0v) is 12.8. The van der Waals surface area contributed by atoms with Gasteiger partial charge in [0.15, 0.2) is 0 Å². The quantitative estimate of drug-likeness (QED) is 0.739. The fraction of sp³-hybridized carbons (Fsp3) is 0.538. The van der Waals surface area contributed by atoms with Gasteiger partial charge in [0, 0.05) is 15.7 Å². The van der Waals surface area contributed by atoms with E-state index in [2.05, 4.69) is 57.8 Å². The Hall–Kier alpha value is -0.0200. The van der Waals surface area contributed by atoms with Gasteiger partial charge in [-0.25, -0.2) is 0 Å². The van der Waals surface area contributed by atoms with Crippen LogP contribution in [0.2, 0.25) is 0 Å². The van der Waals surface area contributed by atoms with Crippen LogP contribution in [-0.4, -0.2) is 11.4 Å². The minimum absolute atomic E-state index is 0.531. The van der Waals surface area contributed by atoms with Gasteiger partial charge in [-0.3, -0.25) is 0 Å². The second-order valence-corrected chi connectivity index (χ2v) is 6.87. The molecular formula is C13H16Br2O. The van der Waals surface area contributed by atoms with Crippen LogP contribution in [0.3, 0.4) is 0 Å². The first-order valence-corrected chi connectivity index (χ1v) is 7.37. The van der Waals surface area contributed by atoms with E-state index in [0.29, 0.717) is 10.7 Å². The molecule has 2 atom stereocenters. The van der Waals surface area contributed by atoms with Crippen molar-refractivity contribution in [2.24, 2.45) is 5.92 Å². The summed E-state index contributed by atoms with van der Waals surface area (Å²) >= 11 is 7.22. The molecule has 2 unspecified atom stereocenters. The number of hydrogen-bond acceptors (Lipinski definition) is 1. The second-order valence-electron chi connectivity index (χ2n) is 4.51. The summed E-state index contributed by atoms with van der Waals surface area (Å²) in [6.07, 6.45) is 2.11. The molecule has 0 radical (unpaired) electrons. The van der Waals surface area contributed by atoms with E-state index in [1.54, 1.807) is 0 Å². The molecule has 0 bridgehead atoms. The van der Waals surface area contributed by atoms with Gasteiger partial charge in [0.25, 0.3) is 0 Å². The summed E-state index contributed by atoms with van der Waals surface area (Å²) in [4.78, 5) is 0.531. The Bertz CT molecular complexity index is 388. The third kappa shape index (κ3) is 2.62. The molecule has 1 aliphatic heterocycles. The number of halogens is 2. The Morgan fingerprint density at radius 3 is 2.81 bits per heavy atom. The molecule has 0 amide bonds. The molecular weight excluding hydrogens is 332 g/mol. The summed E-state index contributed by atoms with van der Waals surface area (Å²) in [6.45, 7) is 5.29. The third-order valence-corrected chi connectivity index (χ3v) is 4.51. The maximum Gasteiger partial charge on any atom is 0.125 e. The average molecular weight is 348 g/mol. The van der Waals surface area contributed by atoms with E-state index in [9.17, 15) is 0 Å². The summed E-state index contributed by atoms with van der Waals surface area (Å²) in [5.41, 5.74) is 2.68. The lowest BCUT2D eigenvalue weighted by Gasteiger charge is -2.16. The lowest BCUT2D eigenvalue weighted by molar-refractivity contribution is 0.351. The van der Waals surface area contributed by atoms with Crippen molar-refractivity contribution in [2.45, 2.75) is 31.5 Å². The zero-order chi connectivity index (χ0) is 11.7. The van der Waals surface area contributed by atoms with E-state index < -0.39 is 0 Å². The van der Waals surface area contributed by atoms with Gasteiger partial charge in [0.2, 0.25) is 0 Å². The molecule has 0 aliphatic carbocycles. The van der Waals surface area contributed by atoms with Crippen molar-refractivity contribution in [2.75, 3.05) is 6.61 Å². The molecule has 1 nitrogen and oxygen atoms in total. The minimum atomic E-state index is 0.531. The van der Waals surface area contributed by atoms with Crippen molar-refractivity contribution in [3.05, 3.63) is 27.7 Å². The van der Waals surface area contributed by atoms with E-state index >= 15 is 0 Å². The highest BCUT2D eigenvalue weighted by Crippen LogP contribution is 2.35. The van der Waals surface area contributed by atoms with Crippen LogP contribution in [-0.2, 0) is 12.8 Å². The normalized spacial score (nSPS) is 17.8.